The molecular weight excluding hydrogens is 256 g/mol. The van der Waals surface area contributed by atoms with E-state index in [4.69, 9.17) is 5.11 Å². The molecule has 20 heavy (non-hydrogen) atoms. The average molecular weight is 278 g/mol. The number of likely N-dealkylation sites (N-methyl/N-ethyl adjacent to an activating group) is 2. The van der Waals surface area contributed by atoms with Gasteiger partial charge in [-0.15, -0.1) is 0 Å². The third-order valence-electron chi connectivity index (χ3n) is 3.10. The number of para-hydroxylation sites is 1. The van der Waals surface area contributed by atoms with E-state index in [-0.39, 0.29) is 12.5 Å². The lowest BCUT2D eigenvalue weighted by Crippen LogP contribution is -2.41. The van der Waals surface area contributed by atoms with Gasteiger partial charge in [-0.25, -0.2) is 0 Å². The molecular formula is C15H22N2O3. The van der Waals surface area contributed by atoms with Crippen LogP contribution < -0.4 is 4.90 Å². The van der Waals surface area contributed by atoms with Crippen molar-refractivity contribution in [2.75, 3.05) is 31.6 Å². The lowest BCUT2D eigenvalue weighted by atomic mass is 10.2. The Morgan fingerprint density at radius 1 is 1.25 bits per heavy atom. The van der Waals surface area contributed by atoms with Crippen molar-refractivity contribution in [3.05, 3.63) is 30.3 Å². The number of benzene rings is 1. The fourth-order valence-corrected chi connectivity index (χ4v) is 2.04. The van der Waals surface area contributed by atoms with Crippen molar-refractivity contribution in [3.8, 4) is 0 Å². The number of hydrogen-bond acceptors (Lipinski definition) is 3. The molecule has 0 aliphatic rings. The normalized spacial score (nSPS) is 12.2. The third-order valence-corrected chi connectivity index (χ3v) is 3.10. The number of amides is 1. The van der Waals surface area contributed by atoms with Crippen LogP contribution in [0.25, 0.3) is 0 Å². The van der Waals surface area contributed by atoms with Crippen LogP contribution in [0.15, 0.2) is 30.3 Å². The first-order valence-corrected chi connectivity index (χ1v) is 6.72. The maximum absolute atomic E-state index is 12.3. The van der Waals surface area contributed by atoms with Crippen molar-refractivity contribution >= 4 is 17.6 Å². The number of rotatable bonds is 7. The van der Waals surface area contributed by atoms with Crippen LogP contribution in [-0.4, -0.2) is 48.6 Å². The molecule has 0 saturated heterocycles. The summed E-state index contributed by atoms with van der Waals surface area (Å²) in [6.45, 7) is 4.71. The average Bonchev–Trinajstić information content (AvgIpc) is 2.40. The van der Waals surface area contributed by atoms with Crippen LogP contribution in [0.4, 0.5) is 5.69 Å². The van der Waals surface area contributed by atoms with E-state index in [0.717, 1.165) is 5.69 Å². The molecule has 1 amide bonds. The molecule has 0 spiro atoms. The second-order valence-electron chi connectivity index (χ2n) is 4.91. The van der Waals surface area contributed by atoms with Gasteiger partial charge in [-0.05, 0) is 26.1 Å². The summed E-state index contributed by atoms with van der Waals surface area (Å²) in [5.41, 5.74) is 0.861. The first-order chi connectivity index (χ1) is 9.45. The molecule has 110 valence electrons. The summed E-state index contributed by atoms with van der Waals surface area (Å²) in [6.07, 6.45) is 0. The number of carbonyl (C=O) groups excluding carboxylic acids is 1. The molecule has 0 aromatic heterocycles. The standard InChI is InChI=1S/C15H22N2O3/c1-4-17(13-8-6-5-7-9-13)14(18)11-16(3)10-12(2)15(19)20/h5-9,12H,4,10-11H2,1-3H3,(H,19,20). The molecule has 0 saturated carbocycles. The van der Waals surface area contributed by atoms with Crippen molar-refractivity contribution in [2.24, 2.45) is 5.92 Å². The van der Waals surface area contributed by atoms with E-state index in [1.54, 1.807) is 23.8 Å². The lowest BCUT2D eigenvalue weighted by Gasteiger charge is -2.25. The topological polar surface area (TPSA) is 60.9 Å². The van der Waals surface area contributed by atoms with Gasteiger partial charge in [0.2, 0.25) is 5.91 Å². The Morgan fingerprint density at radius 2 is 1.85 bits per heavy atom. The number of aliphatic carboxylic acids is 1. The summed E-state index contributed by atoms with van der Waals surface area (Å²) in [5.74, 6) is -1.36. The Morgan fingerprint density at radius 3 is 2.35 bits per heavy atom. The van der Waals surface area contributed by atoms with Crippen LogP contribution >= 0.6 is 0 Å². The van der Waals surface area contributed by atoms with E-state index in [9.17, 15) is 9.59 Å². The maximum Gasteiger partial charge on any atom is 0.307 e. The fourth-order valence-electron chi connectivity index (χ4n) is 2.04. The van der Waals surface area contributed by atoms with E-state index >= 15 is 0 Å². The zero-order chi connectivity index (χ0) is 15.1. The number of anilines is 1. The van der Waals surface area contributed by atoms with Gasteiger partial charge in [0.05, 0.1) is 12.5 Å². The van der Waals surface area contributed by atoms with E-state index in [1.165, 1.54) is 0 Å². The second-order valence-corrected chi connectivity index (χ2v) is 4.91. The molecule has 0 heterocycles. The Bertz CT molecular complexity index is 448. The molecule has 5 heteroatoms. The monoisotopic (exact) mass is 278 g/mol. The summed E-state index contributed by atoms with van der Waals surface area (Å²) < 4.78 is 0. The van der Waals surface area contributed by atoms with Crippen molar-refractivity contribution < 1.29 is 14.7 Å². The molecule has 1 aromatic carbocycles. The van der Waals surface area contributed by atoms with Gasteiger partial charge in [-0.2, -0.15) is 0 Å². The molecule has 1 rings (SSSR count). The minimum absolute atomic E-state index is 0.0289. The van der Waals surface area contributed by atoms with Crippen molar-refractivity contribution in [3.63, 3.8) is 0 Å². The summed E-state index contributed by atoms with van der Waals surface area (Å²) in [4.78, 5) is 26.5. The fraction of sp³-hybridized carbons (Fsp3) is 0.467. The van der Waals surface area contributed by atoms with Gasteiger partial charge in [0.25, 0.3) is 0 Å². The van der Waals surface area contributed by atoms with Crippen LogP contribution in [0.3, 0.4) is 0 Å². The van der Waals surface area contributed by atoms with E-state index in [0.29, 0.717) is 13.1 Å². The van der Waals surface area contributed by atoms with Crippen LogP contribution in [0.5, 0.6) is 0 Å². The summed E-state index contributed by atoms with van der Waals surface area (Å²) in [7, 11) is 1.76. The highest BCUT2D eigenvalue weighted by Gasteiger charge is 2.19. The number of hydrogen-bond donors (Lipinski definition) is 1. The molecule has 5 nitrogen and oxygen atoms in total. The maximum atomic E-state index is 12.3. The molecule has 0 radical (unpaired) electrons. The van der Waals surface area contributed by atoms with Crippen LogP contribution in [0, 0.1) is 5.92 Å². The Balaban J connectivity index is 2.62. The molecule has 1 unspecified atom stereocenters. The SMILES string of the molecule is CCN(C(=O)CN(C)CC(C)C(=O)O)c1ccccc1. The summed E-state index contributed by atoms with van der Waals surface area (Å²) in [5, 5.41) is 8.88. The van der Waals surface area contributed by atoms with E-state index in [2.05, 4.69) is 0 Å². The highest BCUT2D eigenvalue weighted by atomic mass is 16.4. The zero-order valence-corrected chi connectivity index (χ0v) is 12.2. The Hall–Kier alpha value is -1.88. The largest absolute Gasteiger partial charge is 0.481 e. The smallest absolute Gasteiger partial charge is 0.307 e. The Kier molecular flexibility index (Phi) is 6.18. The van der Waals surface area contributed by atoms with Gasteiger partial charge in [0.15, 0.2) is 0 Å². The minimum atomic E-state index is -0.847. The molecule has 0 fully saturated rings. The molecule has 0 aliphatic heterocycles. The van der Waals surface area contributed by atoms with Gasteiger partial charge >= 0.3 is 5.97 Å². The quantitative estimate of drug-likeness (QED) is 0.824. The van der Waals surface area contributed by atoms with Crippen LogP contribution in [0.1, 0.15) is 13.8 Å². The predicted molar refractivity (Wildman–Crippen MR) is 78.8 cm³/mol. The molecule has 1 N–H and O–H groups in total. The van der Waals surface area contributed by atoms with Gasteiger partial charge in [-0.1, -0.05) is 25.1 Å². The number of carboxylic acids is 1. The summed E-state index contributed by atoms with van der Waals surface area (Å²) >= 11 is 0. The van der Waals surface area contributed by atoms with Gasteiger partial charge in [0, 0.05) is 18.8 Å². The van der Waals surface area contributed by atoms with Crippen molar-refractivity contribution in [1.82, 2.24) is 4.90 Å². The van der Waals surface area contributed by atoms with Crippen LogP contribution in [0.2, 0.25) is 0 Å². The van der Waals surface area contributed by atoms with Crippen molar-refractivity contribution in [1.29, 1.82) is 0 Å². The summed E-state index contributed by atoms with van der Waals surface area (Å²) in [6, 6.07) is 9.47. The van der Waals surface area contributed by atoms with Crippen molar-refractivity contribution in [2.45, 2.75) is 13.8 Å². The zero-order valence-electron chi connectivity index (χ0n) is 12.2. The third kappa shape index (κ3) is 4.66. The first-order valence-electron chi connectivity index (χ1n) is 6.72. The second kappa shape index (κ2) is 7.65. The molecule has 0 aliphatic carbocycles. The Labute approximate surface area is 119 Å². The molecule has 1 atom stereocenters. The van der Waals surface area contributed by atoms with Crippen LogP contribution in [-0.2, 0) is 9.59 Å². The highest BCUT2D eigenvalue weighted by Crippen LogP contribution is 2.13. The predicted octanol–water partition coefficient (Wildman–Crippen LogP) is 1.69. The highest BCUT2D eigenvalue weighted by molar-refractivity contribution is 5.94. The van der Waals surface area contributed by atoms with E-state index in [1.807, 2.05) is 37.3 Å². The van der Waals surface area contributed by atoms with Gasteiger partial charge in [-0.3, -0.25) is 14.5 Å². The van der Waals surface area contributed by atoms with Gasteiger partial charge < -0.3 is 10.0 Å². The number of carbonyl (C=O) groups is 2. The number of nitrogens with zero attached hydrogens (tertiary/aromatic N) is 2. The van der Waals surface area contributed by atoms with Gasteiger partial charge in [0.1, 0.15) is 0 Å². The minimum Gasteiger partial charge on any atom is -0.481 e. The first kappa shape index (κ1) is 16.2. The molecule has 1 aromatic rings. The molecule has 0 bridgehead atoms. The van der Waals surface area contributed by atoms with E-state index < -0.39 is 11.9 Å². The lowest BCUT2D eigenvalue weighted by molar-refractivity contribution is -0.142. The number of carboxylic acid groups (broad SMARTS) is 1.